The Morgan fingerprint density at radius 1 is 1.11 bits per heavy atom. The number of alkyl carbamates (subject to hydrolysis) is 1. The molecule has 0 saturated carbocycles. The number of ether oxygens (including phenoxy) is 3. The third-order valence-corrected chi connectivity index (χ3v) is 3.38. The van der Waals surface area contributed by atoms with Gasteiger partial charge in [-0.25, -0.2) is 4.79 Å². The molecule has 0 spiro atoms. The van der Waals surface area contributed by atoms with Crippen LogP contribution in [-0.2, 0) is 14.3 Å². The molecule has 0 bridgehead atoms. The normalized spacial score (nSPS) is 14.0. The minimum Gasteiger partial charge on any atom is -0.450 e. The topological polar surface area (TPSA) is 106 Å². The summed E-state index contributed by atoms with van der Waals surface area (Å²) in [5.41, 5.74) is 0.229. The first kappa shape index (κ1) is 20.4. The number of nitrogens with zero attached hydrogens (tertiary/aromatic N) is 1. The zero-order chi connectivity index (χ0) is 20.0. The Balaban J connectivity index is 1.87. The summed E-state index contributed by atoms with van der Waals surface area (Å²) in [6.45, 7) is 3.46. The van der Waals surface area contributed by atoms with Gasteiger partial charge in [-0.05, 0) is 25.6 Å². The predicted molar refractivity (Wildman–Crippen MR) is 88.6 cm³/mol. The van der Waals surface area contributed by atoms with E-state index in [-0.39, 0.29) is 36.9 Å². The van der Waals surface area contributed by atoms with E-state index in [1.807, 2.05) is 5.32 Å². The number of hydrogen-bond acceptors (Lipinski definition) is 7. The van der Waals surface area contributed by atoms with Crippen molar-refractivity contribution >= 4 is 23.6 Å². The van der Waals surface area contributed by atoms with Crippen LogP contribution in [0, 0.1) is 0 Å². The van der Waals surface area contributed by atoms with E-state index < -0.39 is 24.2 Å². The van der Waals surface area contributed by atoms with Gasteiger partial charge in [0.2, 0.25) is 11.8 Å². The highest BCUT2D eigenvalue weighted by Crippen LogP contribution is 2.42. The molecule has 1 aliphatic heterocycles. The Morgan fingerprint density at radius 2 is 1.78 bits per heavy atom. The van der Waals surface area contributed by atoms with Gasteiger partial charge in [0.1, 0.15) is 0 Å². The molecule has 148 valence electrons. The molecule has 1 aromatic carbocycles. The number of anilines is 1. The van der Waals surface area contributed by atoms with Crippen molar-refractivity contribution in [2.24, 2.45) is 0 Å². The number of alkyl halides is 2. The van der Waals surface area contributed by atoms with E-state index in [9.17, 15) is 23.2 Å². The zero-order valence-electron chi connectivity index (χ0n) is 14.7. The lowest BCUT2D eigenvalue weighted by Gasteiger charge is -2.19. The van der Waals surface area contributed by atoms with E-state index in [1.54, 1.807) is 13.8 Å². The van der Waals surface area contributed by atoms with E-state index in [0.29, 0.717) is 6.54 Å². The Hall–Kier alpha value is -2.95. The van der Waals surface area contributed by atoms with Gasteiger partial charge in [-0.1, -0.05) is 6.92 Å². The van der Waals surface area contributed by atoms with Crippen molar-refractivity contribution in [3.63, 3.8) is 0 Å². The van der Waals surface area contributed by atoms with Crippen LogP contribution in [0.15, 0.2) is 18.2 Å². The lowest BCUT2D eigenvalue weighted by atomic mass is 10.2. The molecule has 1 aliphatic rings. The smallest absolute Gasteiger partial charge is 0.450 e. The molecule has 2 rings (SSSR count). The zero-order valence-corrected chi connectivity index (χ0v) is 14.7. The molecule has 11 heteroatoms. The average molecular weight is 387 g/mol. The minimum absolute atomic E-state index is 0.125. The summed E-state index contributed by atoms with van der Waals surface area (Å²) in [6.07, 6.45) is -4.60. The maximum Gasteiger partial charge on any atom is 0.586 e. The molecule has 0 unspecified atom stereocenters. The number of carbonyl (C=O) groups excluding carboxylic acids is 3. The summed E-state index contributed by atoms with van der Waals surface area (Å²) in [6, 6.07) is 3.83. The van der Waals surface area contributed by atoms with Gasteiger partial charge in [-0.15, -0.1) is 8.78 Å². The SMILES string of the molecule is CCOC(=O)NC(=O)CN(CC)CC(=O)Nc1ccc2c(c1)OC(F)(F)O2. The van der Waals surface area contributed by atoms with Crippen LogP contribution in [0.4, 0.5) is 19.3 Å². The number of hydrogen-bond donors (Lipinski definition) is 2. The van der Waals surface area contributed by atoms with Gasteiger partial charge in [-0.3, -0.25) is 19.8 Å². The number of halogens is 2. The molecule has 0 aliphatic carbocycles. The van der Waals surface area contributed by atoms with Crippen molar-refractivity contribution in [1.82, 2.24) is 10.2 Å². The summed E-state index contributed by atoms with van der Waals surface area (Å²) in [5.74, 6) is -1.43. The molecule has 2 N–H and O–H groups in total. The van der Waals surface area contributed by atoms with E-state index in [0.717, 1.165) is 0 Å². The van der Waals surface area contributed by atoms with E-state index >= 15 is 0 Å². The van der Waals surface area contributed by atoms with Crippen molar-refractivity contribution in [3.8, 4) is 11.5 Å². The third-order valence-electron chi connectivity index (χ3n) is 3.38. The van der Waals surface area contributed by atoms with Gasteiger partial charge in [-0.2, -0.15) is 0 Å². The monoisotopic (exact) mass is 387 g/mol. The molecule has 1 heterocycles. The molecule has 0 atom stereocenters. The first-order valence-corrected chi connectivity index (χ1v) is 8.11. The summed E-state index contributed by atoms with van der Waals surface area (Å²) in [4.78, 5) is 36.5. The number of nitrogens with one attached hydrogen (secondary N) is 2. The molecular formula is C16H19F2N3O6. The highest BCUT2D eigenvalue weighted by Gasteiger charge is 2.43. The molecule has 0 aromatic heterocycles. The number of imide groups is 1. The van der Waals surface area contributed by atoms with E-state index in [1.165, 1.54) is 23.1 Å². The van der Waals surface area contributed by atoms with Gasteiger partial charge in [0.05, 0.1) is 19.7 Å². The Morgan fingerprint density at radius 3 is 2.44 bits per heavy atom. The van der Waals surface area contributed by atoms with Crippen molar-refractivity contribution < 1.29 is 37.4 Å². The number of benzene rings is 1. The molecule has 9 nitrogen and oxygen atoms in total. The van der Waals surface area contributed by atoms with E-state index in [4.69, 9.17) is 0 Å². The van der Waals surface area contributed by atoms with Crippen LogP contribution in [0.25, 0.3) is 0 Å². The highest BCUT2D eigenvalue weighted by atomic mass is 19.3. The summed E-state index contributed by atoms with van der Waals surface area (Å²) >= 11 is 0. The van der Waals surface area contributed by atoms with Crippen molar-refractivity contribution in [3.05, 3.63) is 18.2 Å². The number of carbonyl (C=O) groups is 3. The molecule has 0 saturated heterocycles. The average Bonchev–Trinajstić information content (AvgIpc) is 2.87. The fourth-order valence-electron chi connectivity index (χ4n) is 2.23. The van der Waals surface area contributed by atoms with Crippen LogP contribution >= 0.6 is 0 Å². The van der Waals surface area contributed by atoms with Crippen LogP contribution in [0.2, 0.25) is 0 Å². The first-order valence-electron chi connectivity index (χ1n) is 8.11. The molecule has 1 aromatic rings. The number of rotatable bonds is 7. The summed E-state index contributed by atoms with van der Waals surface area (Å²) in [5, 5.41) is 4.54. The predicted octanol–water partition coefficient (Wildman–Crippen LogP) is 1.54. The van der Waals surface area contributed by atoms with Crippen LogP contribution in [0.3, 0.4) is 0 Å². The van der Waals surface area contributed by atoms with Crippen LogP contribution in [0.1, 0.15) is 13.8 Å². The van der Waals surface area contributed by atoms with Crippen LogP contribution < -0.4 is 20.1 Å². The lowest BCUT2D eigenvalue weighted by molar-refractivity contribution is -0.286. The van der Waals surface area contributed by atoms with Gasteiger partial charge < -0.3 is 19.5 Å². The standard InChI is InChI=1S/C16H19F2N3O6/c1-3-21(9-14(23)20-15(24)25-4-2)8-13(22)19-10-5-6-11-12(7-10)27-16(17,18)26-11/h5-7H,3-4,8-9H2,1-2H3,(H,19,22)(H,20,23,24). The van der Waals surface area contributed by atoms with Gasteiger partial charge in [0.15, 0.2) is 11.5 Å². The Kier molecular flexibility index (Phi) is 6.50. The van der Waals surface area contributed by atoms with Gasteiger partial charge in [0.25, 0.3) is 0 Å². The van der Waals surface area contributed by atoms with Crippen LogP contribution in [0.5, 0.6) is 11.5 Å². The second-order valence-corrected chi connectivity index (χ2v) is 5.45. The fraction of sp³-hybridized carbons (Fsp3) is 0.438. The quantitative estimate of drug-likeness (QED) is 0.731. The highest BCUT2D eigenvalue weighted by molar-refractivity contribution is 5.95. The van der Waals surface area contributed by atoms with Gasteiger partial charge in [0, 0.05) is 11.8 Å². The maximum atomic E-state index is 13.0. The molecule has 0 radical (unpaired) electrons. The third kappa shape index (κ3) is 6.06. The van der Waals surface area contributed by atoms with E-state index in [2.05, 4.69) is 19.5 Å². The van der Waals surface area contributed by atoms with Crippen molar-refractivity contribution in [2.75, 3.05) is 31.6 Å². The first-order chi connectivity index (χ1) is 12.7. The number of amides is 3. The molecular weight excluding hydrogens is 368 g/mol. The van der Waals surface area contributed by atoms with Crippen molar-refractivity contribution in [1.29, 1.82) is 0 Å². The fourth-order valence-corrected chi connectivity index (χ4v) is 2.23. The van der Waals surface area contributed by atoms with Crippen molar-refractivity contribution in [2.45, 2.75) is 20.1 Å². The largest absolute Gasteiger partial charge is 0.586 e. The number of likely N-dealkylation sites (N-methyl/N-ethyl adjacent to an activating group) is 1. The second-order valence-electron chi connectivity index (χ2n) is 5.45. The minimum atomic E-state index is -3.74. The summed E-state index contributed by atoms with van der Waals surface area (Å²) < 4.78 is 39.2. The Labute approximate surface area is 153 Å². The molecule has 27 heavy (non-hydrogen) atoms. The second kappa shape index (κ2) is 8.62. The lowest BCUT2D eigenvalue weighted by Crippen LogP contribution is -2.43. The van der Waals surface area contributed by atoms with Gasteiger partial charge >= 0.3 is 12.4 Å². The Bertz CT molecular complexity index is 728. The molecule has 3 amide bonds. The summed E-state index contributed by atoms with van der Waals surface area (Å²) in [7, 11) is 0. The van der Waals surface area contributed by atoms with Crippen LogP contribution in [-0.4, -0.2) is 55.3 Å². The molecule has 0 fully saturated rings. The number of fused-ring (bicyclic) bond motifs is 1. The maximum absolute atomic E-state index is 13.0.